The van der Waals surface area contributed by atoms with Gasteiger partial charge in [0.05, 0.1) is 23.7 Å². The first-order chi connectivity index (χ1) is 12.7. The zero-order chi connectivity index (χ0) is 18.1. The van der Waals surface area contributed by atoms with E-state index in [1.165, 1.54) is 0 Å². The Bertz CT molecular complexity index is 1050. The number of aliphatic hydroxyl groups excluding tert-OH is 1. The Morgan fingerprint density at radius 2 is 1.88 bits per heavy atom. The molecule has 1 aromatic carbocycles. The smallest absolute Gasteiger partial charge is 0.232 e. The number of rotatable bonds is 5. The summed E-state index contributed by atoms with van der Waals surface area (Å²) in [7, 11) is 1.95. The van der Waals surface area contributed by atoms with Gasteiger partial charge in [-0.3, -0.25) is 0 Å². The van der Waals surface area contributed by atoms with Crippen molar-refractivity contribution in [2.24, 2.45) is 7.05 Å². The number of aromatic nitrogens is 5. The van der Waals surface area contributed by atoms with Gasteiger partial charge in [-0.2, -0.15) is 0 Å². The molecule has 7 nitrogen and oxygen atoms in total. The summed E-state index contributed by atoms with van der Waals surface area (Å²) in [6, 6.07) is 13.6. The fourth-order valence-corrected chi connectivity index (χ4v) is 2.82. The van der Waals surface area contributed by atoms with Crippen molar-refractivity contribution in [2.45, 2.75) is 20.1 Å². The molecule has 0 bridgehead atoms. The zero-order valence-corrected chi connectivity index (χ0v) is 14.6. The maximum Gasteiger partial charge on any atom is 0.232 e. The molecule has 4 aromatic rings. The fourth-order valence-electron chi connectivity index (χ4n) is 2.82. The monoisotopic (exact) mass is 349 g/mol. The van der Waals surface area contributed by atoms with Gasteiger partial charge < -0.3 is 14.4 Å². The molecule has 3 aromatic heterocycles. The van der Waals surface area contributed by atoms with Crippen LogP contribution in [0.2, 0.25) is 0 Å². The van der Waals surface area contributed by atoms with E-state index >= 15 is 0 Å². The normalized spacial score (nSPS) is 11.2. The van der Waals surface area contributed by atoms with E-state index in [4.69, 9.17) is 4.74 Å². The highest BCUT2D eigenvalue weighted by Gasteiger charge is 2.11. The number of nitrogens with zero attached hydrogens (tertiary/aromatic N) is 5. The van der Waals surface area contributed by atoms with Crippen LogP contribution in [0.15, 0.2) is 48.7 Å². The largest absolute Gasteiger partial charge is 0.468 e. The zero-order valence-electron chi connectivity index (χ0n) is 14.6. The van der Waals surface area contributed by atoms with E-state index in [1.807, 2.05) is 61.1 Å². The summed E-state index contributed by atoms with van der Waals surface area (Å²) in [4.78, 5) is 8.97. The van der Waals surface area contributed by atoms with E-state index in [-0.39, 0.29) is 6.61 Å². The van der Waals surface area contributed by atoms with Gasteiger partial charge in [-0.15, -0.1) is 5.10 Å². The number of ether oxygens (including phenoxy) is 1. The van der Waals surface area contributed by atoms with E-state index in [0.29, 0.717) is 23.8 Å². The topological polar surface area (TPSA) is 77.5 Å². The highest BCUT2D eigenvalue weighted by Crippen LogP contribution is 2.19. The molecule has 0 atom stereocenters. The van der Waals surface area contributed by atoms with E-state index in [1.54, 1.807) is 10.6 Å². The van der Waals surface area contributed by atoms with Crippen molar-refractivity contribution in [1.29, 1.82) is 0 Å². The summed E-state index contributed by atoms with van der Waals surface area (Å²) < 4.78 is 9.45. The molecule has 132 valence electrons. The lowest BCUT2D eigenvalue weighted by Crippen LogP contribution is -2.05. The van der Waals surface area contributed by atoms with Crippen LogP contribution >= 0.6 is 0 Å². The summed E-state index contributed by atoms with van der Waals surface area (Å²) in [6.45, 7) is 2.07. The molecule has 26 heavy (non-hydrogen) atoms. The molecule has 4 rings (SSSR count). The molecule has 0 unspecified atom stereocenters. The van der Waals surface area contributed by atoms with Gasteiger partial charge in [0.25, 0.3) is 0 Å². The average Bonchev–Trinajstić information content (AvgIpc) is 3.20. The van der Waals surface area contributed by atoms with Crippen molar-refractivity contribution < 1.29 is 9.84 Å². The standard InChI is InChI=1S/C19H19N5O2/c1-13-16(11-25)21-17-8-9-19(22-24(13)17)26-12-18-20-15(10-23(18)2)14-6-4-3-5-7-14/h3-10,25H,11-12H2,1-2H3. The van der Waals surface area contributed by atoms with Crippen molar-refractivity contribution in [3.05, 3.63) is 65.9 Å². The number of hydrogen-bond acceptors (Lipinski definition) is 5. The minimum Gasteiger partial charge on any atom is -0.468 e. The summed E-state index contributed by atoms with van der Waals surface area (Å²) in [6.07, 6.45) is 1.98. The van der Waals surface area contributed by atoms with Gasteiger partial charge in [0.15, 0.2) is 5.65 Å². The predicted molar refractivity (Wildman–Crippen MR) is 96.6 cm³/mol. The van der Waals surface area contributed by atoms with Crippen LogP contribution in [-0.4, -0.2) is 29.3 Å². The molecule has 1 N–H and O–H groups in total. The highest BCUT2D eigenvalue weighted by molar-refractivity contribution is 5.58. The number of fused-ring (bicyclic) bond motifs is 1. The summed E-state index contributed by atoms with van der Waals surface area (Å²) in [5.74, 6) is 1.29. The number of aliphatic hydroxyl groups is 1. The molecular formula is C19H19N5O2. The molecule has 0 fully saturated rings. The van der Waals surface area contributed by atoms with Crippen LogP contribution in [0, 0.1) is 6.92 Å². The summed E-state index contributed by atoms with van der Waals surface area (Å²) in [5.41, 5.74) is 4.08. The van der Waals surface area contributed by atoms with E-state index in [9.17, 15) is 5.11 Å². The van der Waals surface area contributed by atoms with Crippen LogP contribution < -0.4 is 4.74 Å². The van der Waals surface area contributed by atoms with Crippen LogP contribution in [-0.2, 0) is 20.3 Å². The third-order valence-electron chi connectivity index (χ3n) is 4.32. The van der Waals surface area contributed by atoms with E-state index < -0.39 is 0 Å². The van der Waals surface area contributed by atoms with Gasteiger partial charge in [-0.05, 0) is 13.0 Å². The number of hydrogen-bond donors (Lipinski definition) is 1. The van der Waals surface area contributed by atoms with Gasteiger partial charge in [-0.1, -0.05) is 30.3 Å². The number of imidazole rings is 2. The fraction of sp³-hybridized carbons (Fsp3) is 0.211. The summed E-state index contributed by atoms with van der Waals surface area (Å²) in [5, 5.41) is 13.8. The average molecular weight is 349 g/mol. The van der Waals surface area contributed by atoms with Crippen molar-refractivity contribution >= 4 is 5.65 Å². The Labute approximate surface area is 150 Å². The number of aryl methyl sites for hydroxylation is 2. The molecule has 0 aliphatic rings. The lowest BCUT2D eigenvalue weighted by molar-refractivity contribution is 0.274. The van der Waals surface area contributed by atoms with Gasteiger partial charge >= 0.3 is 0 Å². The Morgan fingerprint density at radius 1 is 1.08 bits per heavy atom. The molecular weight excluding hydrogens is 330 g/mol. The first-order valence-corrected chi connectivity index (χ1v) is 8.32. The van der Waals surface area contributed by atoms with Gasteiger partial charge in [0, 0.05) is 24.9 Å². The quantitative estimate of drug-likeness (QED) is 0.599. The maximum absolute atomic E-state index is 9.32. The van der Waals surface area contributed by atoms with Gasteiger partial charge in [-0.25, -0.2) is 14.5 Å². The second-order valence-corrected chi connectivity index (χ2v) is 6.05. The minimum atomic E-state index is -0.110. The van der Waals surface area contributed by atoms with E-state index in [0.717, 1.165) is 22.8 Å². The highest BCUT2D eigenvalue weighted by atomic mass is 16.5. The van der Waals surface area contributed by atoms with Gasteiger partial charge in [0.2, 0.25) is 5.88 Å². The second-order valence-electron chi connectivity index (χ2n) is 6.05. The van der Waals surface area contributed by atoms with Crippen LogP contribution in [0.25, 0.3) is 16.9 Å². The third kappa shape index (κ3) is 2.93. The minimum absolute atomic E-state index is 0.110. The molecule has 3 heterocycles. The Morgan fingerprint density at radius 3 is 2.65 bits per heavy atom. The van der Waals surface area contributed by atoms with Crippen LogP contribution in [0.4, 0.5) is 0 Å². The van der Waals surface area contributed by atoms with Crippen molar-refractivity contribution in [2.75, 3.05) is 0 Å². The Kier molecular flexibility index (Phi) is 4.14. The van der Waals surface area contributed by atoms with Crippen molar-refractivity contribution in [1.82, 2.24) is 24.1 Å². The first-order valence-electron chi connectivity index (χ1n) is 8.32. The molecule has 0 radical (unpaired) electrons. The first kappa shape index (κ1) is 16.3. The van der Waals surface area contributed by atoms with Crippen molar-refractivity contribution in [3.63, 3.8) is 0 Å². The third-order valence-corrected chi connectivity index (χ3v) is 4.32. The number of benzene rings is 1. The van der Waals surface area contributed by atoms with E-state index in [2.05, 4.69) is 15.1 Å². The molecule has 0 spiro atoms. The lowest BCUT2D eigenvalue weighted by atomic mass is 10.2. The molecule has 0 saturated heterocycles. The summed E-state index contributed by atoms with van der Waals surface area (Å²) >= 11 is 0. The Hall–Kier alpha value is -3.19. The molecule has 0 amide bonds. The second kappa shape index (κ2) is 6.61. The predicted octanol–water partition coefficient (Wildman–Crippen LogP) is 2.51. The maximum atomic E-state index is 9.32. The van der Waals surface area contributed by atoms with Crippen LogP contribution in [0.3, 0.4) is 0 Å². The molecule has 7 heteroatoms. The SMILES string of the molecule is Cc1c(CO)nc2ccc(OCc3nc(-c4ccccc4)cn3C)nn12. The van der Waals surface area contributed by atoms with Crippen LogP contribution in [0.5, 0.6) is 5.88 Å². The molecule has 0 saturated carbocycles. The molecule has 0 aliphatic carbocycles. The van der Waals surface area contributed by atoms with Crippen molar-refractivity contribution in [3.8, 4) is 17.1 Å². The molecule has 0 aliphatic heterocycles. The van der Waals surface area contributed by atoms with Gasteiger partial charge in [0.1, 0.15) is 12.4 Å². The van der Waals surface area contributed by atoms with Crippen LogP contribution in [0.1, 0.15) is 17.2 Å². The lowest BCUT2D eigenvalue weighted by Gasteiger charge is -2.05. The Balaban J connectivity index is 1.55.